The van der Waals surface area contributed by atoms with E-state index in [0.717, 1.165) is 68.9 Å². The molecule has 2 saturated heterocycles. The minimum Gasteiger partial charge on any atom is -0.497 e. The third-order valence-electron chi connectivity index (χ3n) is 6.29. The number of likely N-dealkylation sites (tertiary alicyclic amines) is 1. The fourth-order valence-electron chi connectivity index (χ4n) is 4.93. The highest BCUT2D eigenvalue weighted by Crippen LogP contribution is 2.59. The molecule has 2 aliphatic rings. The molecule has 6 nitrogen and oxygen atoms in total. The van der Waals surface area contributed by atoms with Crippen LogP contribution in [0.2, 0.25) is 0 Å². The monoisotopic (exact) mass is 448 g/mol. The number of ether oxygens (including phenoxy) is 1. The number of rotatable bonds is 7. The molecule has 0 saturated carbocycles. The largest absolute Gasteiger partial charge is 0.497 e. The Morgan fingerprint density at radius 2 is 1.42 bits per heavy atom. The molecule has 0 spiro atoms. The van der Waals surface area contributed by atoms with Gasteiger partial charge >= 0.3 is 0 Å². The van der Waals surface area contributed by atoms with Crippen LogP contribution < -0.4 is 4.74 Å². The number of nitrogens with zero attached hydrogens (tertiary/aromatic N) is 4. The summed E-state index contributed by atoms with van der Waals surface area (Å²) in [6.07, 6.45) is 6.91. The van der Waals surface area contributed by atoms with E-state index in [1.165, 1.54) is 12.8 Å². The molecule has 0 aliphatic carbocycles. The first-order valence-electron chi connectivity index (χ1n) is 12.0. The van der Waals surface area contributed by atoms with Gasteiger partial charge in [-0.15, -0.1) is 0 Å². The van der Waals surface area contributed by atoms with Crippen molar-refractivity contribution in [3.63, 3.8) is 0 Å². The lowest BCUT2D eigenvalue weighted by atomic mass is 10.1. The minimum absolute atomic E-state index is 0.165. The van der Waals surface area contributed by atoms with Crippen molar-refractivity contribution in [3.8, 4) is 5.75 Å². The first-order chi connectivity index (χ1) is 14.9. The minimum atomic E-state index is -3.07. The summed E-state index contributed by atoms with van der Waals surface area (Å²) in [5.74, 6) is 0.809. The highest BCUT2D eigenvalue weighted by molar-refractivity contribution is 7.76. The van der Waals surface area contributed by atoms with Gasteiger partial charge in [-0.3, -0.25) is 4.57 Å². The number of amidine groups is 1. The van der Waals surface area contributed by atoms with Crippen LogP contribution in [-0.2, 0) is 4.57 Å². The van der Waals surface area contributed by atoms with Crippen molar-refractivity contribution in [1.82, 2.24) is 14.2 Å². The van der Waals surface area contributed by atoms with Crippen molar-refractivity contribution in [2.75, 3.05) is 33.3 Å². The molecule has 0 aromatic heterocycles. The van der Waals surface area contributed by atoms with Crippen LogP contribution >= 0.6 is 7.44 Å². The summed E-state index contributed by atoms with van der Waals surface area (Å²) in [5, 5.41) is 0. The predicted molar refractivity (Wildman–Crippen MR) is 131 cm³/mol. The van der Waals surface area contributed by atoms with E-state index in [9.17, 15) is 0 Å². The van der Waals surface area contributed by atoms with E-state index in [0.29, 0.717) is 0 Å². The Bertz CT molecular complexity index is 758. The molecule has 1 aromatic rings. The number of aliphatic imine (C=N–C) groups is 1. The highest BCUT2D eigenvalue weighted by atomic mass is 31.2. The maximum Gasteiger partial charge on any atom is 0.280 e. The van der Waals surface area contributed by atoms with Gasteiger partial charge in [0.1, 0.15) is 5.75 Å². The van der Waals surface area contributed by atoms with Gasteiger partial charge < -0.3 is 9.64 Å². The second-order valence-electron chi connectivity index (χ2n) is 9.28. The lowest BCUT2D eigenvalue weighted by Crippen LogP contribution is -2.49. The Morgan fingerprint density at radius 1 is 0.903 bits per heavy atom. The first kappa shape index (κ1) is 24.3. The van der Waals surface area contributed by atoms with E-state index in [1.54, 1.807) is 7.11 Å². The second-order valence-corrected chi connectivity index (χ2v) is 11.8. The summed E-state index contributed by atoms with van der Waals surface area (Å²) < 4.78 is 25.2. The maximum absolute atomic E-state index is 15.3. The van der Waals surface area contributed by atoms with Crippen LogP contribution in [0.25, 0.3) is 0 Å². The second kappa shape index (κ2) is 11.0. The number of piperidine rings is 2. The summed E-state index contributed by atoms with van der Waals surface area (Å²) in [7, 11) is -1.40. The Labute approximate surface area is 189 Å². The topological polar surface area (TPSA) is 48.4 Å². The normalized spacial score (nSPS) is 21.0. The lowest BCUT2D eigenvalue weighted by molar-refractivity contribution is 0.249. The average Bonchev–Trinajstić information content (AvgIpc) is 2.78. The van der Waals surface area contributed by atoms with E-state index < -0.39 is 7.44 Å². The lowest BCUT2D eigenvalue weighted by Gasteiger charge is -2.47. The molecule has 3 rings (SSSR count). The molecule has 7 heteroatoms. The van der Waals surface area contributed by atoms with E-state index >= 15 is 4.57 Å². The van der Waals surface area contributed by atoms with Crippen molar-refractivity contribution in [2.45, 2.75) is 78.3 Å². The van der Waals surface area contributed by atoms with Gasteiger partial charge in [-0.25, -0.2) is 14.3 Å². The average molecular weight is 449 g/mol. The summed E-state index contributed by atoms with van der Waals surface area (Å²) in [4.78, 5) is 7.45. The van der Waals surface area contributed by atoms with E-state index in [2.05, 4.69) is 41.9 Å². The molecule has 2 fully saturated rings. The molecule has 0 N–H and O–H groups in total. The molecule has 2 heterocycles. The van der Waals surface area contributed by atoms with Crippen LogP contribution in [0.3, 0.4) is 0 Å². The molecule has 0 radical (unpaired) electrons. The standard InChI is InChI=1S/C24H41N4O2P/c1-20(2)28(21(3)4)31(29,27-18-10-7-11-19-27)24(26-16-8-6-9-17-26)25-22-12-14-23(30-5)15-13-22/h12-15,20-21H,6-11,16-19H2,1-5H3/t31-/m0/s1. The van der Waals surface area contributed by atoms with Gasteiger partial charge in [-0.05, 0) is 84.1 Å². The Hall–Kier alpha value is -1.36. The number of hydrogen-bond donors (Lipinski definition) is 0. The van der Waals surface area contributed by atoms with E-state index in [-0.39, 0.29) is 12.1 Å². The Balaban J connectivity index is 2.15. The molecule has 0 amide bonds. The highest BCUT2D eigenvalue weighted by Gasteiger charge is 2.47. The van der Waals surface area contributed by atoms with Gasteiger partial charge in [-0.1, -0.05) is 6.42 Å². The molecule has 31 heavy (non-hydrogen) atoms. The van der Waals surface area contributed by atoms with Gasteiger partial charge in [0.2, 0.25) is 0 Å². The van der Waals surface area contributed by atoms with Crippen LogP contribution in [0, 0.1) is 0 Å². The summed E-state index contributed by atoms with van der Waals surface area (Å²) in [6, 6.07) is 8.14. The zero-order valence-electron chi connectivity index (χ0n) is 20.1. The third kappa shape index (κ3) is 5.53. The van der Waals surface area contributed by atoms with Crippen molar-refractivity contribution in [2.24, 2.45) is 4.99 Å². The van der Waals surface area contributed by atoms with Gasteiger partial charge in [0, 0.05) is 38.3 Å². The SMILES string of the molecule is COc1ccc(N=C(N2CCCCC2)[P@](=O)(N2CCCCC2)N(C(C)C)C(C)C)cc1. The van der Waals surface area contributed by atoms with Gasteiger partial charge in [-0.2, -0.15) is 0 Å². The molecular formula is C24H41N4O2P. The molecule has 0 unspecified atom stereocenters. The predicted octanol–water partition coefficient (Wildman–Crippen LogP) is 5.97. The van der Waals surface area contributed by atoms with Crippen LogP contribution in [0.4, 0.5) is 5.69 Å². The zero-order valence-corrected chi connectivity index (χ0v) is 21.0. The van der Waals surface area contributed by atoms with Gasteiger partial charge in [0.25, 0.3) is 7.44 Å². The van der Waals surface area contributed by atoms with Crippen LogP contribution in [-0.4, -0.2) is 65.2 Å². The number of benzene rings is 1. The van der Waals surface area contributed by atoms with Crippen molar-refractivity contribution in [1.29, 1.82) is 0 Å². The number of methoxy groups -OCH3 is 1. The third-order valence-corrected chi connectivity index (χ3v) is 9.91. The molecule has 1 atom stereocenters. The molecule has 1 aromatic carbocycles. The summed E-state index contributed by atoms with van der Waals surface area (Å²) in [5.41, 5.74) is 1.62. The molecular weight excluding hydrogens is 407 g/mol. The number of hydrogen-bond acceptors (Lipinski definition) is 3. The maximum atomic E-state index is 15.3. The van der Waals surface area contributed by atoms with Crippen molar-refractivity contribution >= 4 is 18.7 Å². The molecule has 0 bridgehead atoms. The summed E-state index contributed by atoms with van der Waals surface area (Å²) >= 11 is 0. The van der Waals surface area contributed by atoms with Crippen LogP contribution in [0.15, 0.2) is 29.3 Å². The quantitative estimate of drug-likeness (QED) is 0.292. The van der Waals surface area contributed by atoms with Crippen molar-refractivity contribution < 1.29 is 9.30 Å². The smallest absolute Gasteiger partial charge is 0.280 e. The van der Waals surface area contributed by atoms with E-state index in [4.69, 9.17) is 9.73 Å². The van der Waals surface area contributed by atoms with Crippen molar-refractivity contribution in [3.05, 3.63) is 24.3 Å². The molecule has 174 valence electrons. The zero-order chi connectivity index (χ0) is 22.4. The van der Waals surface area contributed by atoms with Gasteiger partial charge in [0.05, 0.1) is 12.8 Å². The van der Waals surface area contributed by atoms with Crippen LogP contribution in [0.5, 0.6) is 5.75 Å². The van der Waals surface area contributed by atoms with E-state index in [1.807, 2.05) is 24.3 Å². The fraction of sp³-hybridized carbons (Fsp3) is 0.708. The van der Waals surface area contributed by atoms with Crippen LogP contribution in [0.1, 0.15) is 66.2 Å². The fourth-order valence-corrected chi connectivity index (χ4v) is 8.58. The Kier molecular flexibility index (Phi) is 8.60. The summed E-state index contributed by atoms with van der Waals surface area (Å²) in [6.45, 7) is 12.3. The van der Waals surface area contributed by atoms with Gasteiger partial charge in [0.15, 0.2) is 5.58 Å². The Morgan fingerprint density at radius 3 is 1.90 bits per heavy atom. The molecule has 2 aliphatic heterocycles. The first-order valence-corrected chi connectivity index (χ1v) is 13.6.